The van der Waals surface area contributed by atoms with Gasteiger partial charge >= 0.3 is 5.69 Å². The molecule has 0 aliphatic heterocycles. The number of aromatic amines is 1. The molecule has 0 fully saturated rings. The molecule has 20 heavy (non-hydrogen) atoms. The fraction of sp³-hybridized carbons (Fsp3) is 0.462. The molecule has 7 heteroatoms. The van der Waals surface area contributed by atoms with Crippen LogP contribution in [0.4, 0.5) is 0 Å². The minimum Gasteiger partial charge on any atom is -0.354 e. The molecular weight excluding hydrogens is 258 g/mol. The second kappa shape index (κ2) is 6.23. The molecule has 2 heterocycles. The Hall–Kier alpha value is -2.31. The van der Waals surface area contributed by atoms with Gasteiger partial charge in [-0.05, 0) is 31.9 Å². The lowest BCUT2D eigenvalue weighted by atomic mass is 10.1. The van der Waals surface area contributed by atoms with Gasteiger partial charge in [-0.3, -0.25) is 9.36 Å². The third kappa shape index (κ3) is 3.59. The fourth-order valence-electron chi connectivity index (χ4n) is 2.05. The molecule has 0 radical (unpaired) electrons. The van der Waals surface area contributed by atoms with Crippen molar-refractivity contribution in [2.24, 2.45) is 7.05 Å². The highest BCUT2D eigenvalue weighted by molar-refractivity contribution is 5.75. The van der Waals surface area contributed by atoms with Crippen LogP contribution in [0.3, 0.4) is 0 Å². The van der Waals surface area contributed by atoms with E-state index >= 15 is 0 Å². The summed E-state index contributed by atoms with van der Waals surface area (Å²) in [6.07, 6.45) is 5.07. The number of rotatable bonds is 6. The standard InChI is InChI=1S/C13H19N5O2/c1-10(5-6-11-4-3-7-17(11)2)15-12(19)8-18-9-14-16-13(18)20/h3-4,7,9-10H,5-6,8H2,1-2H3,(H,15,19)(H,16,20)/t10-/m0/s1. The number of H-pyrrole nitrogens is 1. The Morgan fingerprint density at radius 3 is 2.95 bits per heavy atom. The van der Waals surface area contributed by atoms with Crippen molar-refractivity contribution in [2.75, 3.05) is 0 Å². The molecular formula is C13H19N5O2. The topological polar surface area (TPSA) is 84.7 Å². The largest absolute Gasteiger partial charge is 0.354 e. The van der Waals surface area contributed by atoms with Crippen molar-refractivity contribution in [3.8, 4) is 0 Å². The Morgan fingerprint density at radius 1 is 1.55 bits per heavy atom. The van der Waals surface area contributed by atoms with E-state index in [-0.39, 0.29) is 24.2 Å². The lowest BCUT2D eigenvalue weighted by molar-refractivity contribution is -0.122. The van der Waals surface area contributed by atoms with Crippen molar-refractivity contribution in [1.29, 1.82) is 0 Å². The van der Waals surface area contributed by atoms with Crippen molar-refractivity contribution in [1.82, 2.24) is 24.6 Å². The van der Waals surface area contributed by atoms with Gasteiger partial charge in [0, 0.05) is 25.0 Å². The molecule has 2 N–H and O–H groups in total. The molecule has 108 valence electrons. The molecule has 0 aliphatic rings. The molecule has 7 nitrogen and oxygen atoms in total. The van der Waals surface area contributed by atoms with Gasteiger partial charge in [0.15, 0.2) is 0 Å². The smallest absolute Gasteiger partial charge is 0.343 e. The summed E-state index contributed by atoms with van der Waals surface area (Å²) in [6.45, 7) is 1.95. The second-order valence-electron chi connectivity index (χ2n) is 4.91. The number of carbonyl (C=O) groups is 1. The van der Waals surface area contributed by atoms with Gasteiger partial charge in [0.25, 0.3) is 0 Å². The maximum atomic E-state index is 11.8. The SMILES string of the molecule is C[C@@H](CCc1cccn1C)NC(=O)Cn1cn[nH]c1=O. The summed E-state index contributed by atoms with van der Waals surface area (Å²) in [5.74, 6) is -0.187. The van der Waals surface area contributed by atoms with Crippen molar-refractivity contribution in [2.45, 2.75) is 32.4 Å². The zero-order valence-corrected chi connectivity index (χ0v) is 11.7. The lowest BCUT2D eigenvalue weighted by Crippen LogP contribution is -2.37. The predicted octanol–water partition coefficient (Wildman–Crippen LogP) is 0.0474. The number of amides is 1. The van der Waals surface area contributed by atoms with Crippen LogP contribution in [0.15, 0.2) is 29.5 Å². The summed E-state index contributed by atoms with van der Waals surface area (Å²) < 4.78 is 3.30. The normalized spacial score (nSPS) is 12.3. The minimum atomic E-state index is -0.378. The van der Waals surface area contributed by atoms with E-state index in [9.17, 15) is 9.59 Å². The van der Waals surface area contributed by atoms with Crippen LogP contribution < -0.4 is 11.0 Å². The molecule has 2 aromatic heterocycles. The van der Waals surface area contributed by atoms with Crippen LogP contribution in [0.5, 0.6) is 0 Å². The van der Waals surface area contributed by atoms with Crippen LogP contribution in [0.2, 0.25) is 0 Å². The number of nitrogens with one attached hydrogen (secondary N) is 2. The molecule has 0 saturated heterocycles. The third-order valence-electron chi connectivity index (χ3n) is 3.22. The predicted molar refractivity (Wildman–Crippen MR) is 74.2 cm³/mol. The van der Waals surface area contributed by atoms with Gasteiger partial charge in [0.05, 0.1) is 0 Å². The molecule has 0 aromatic carbocycles. The molecule has 0 aliphatic carbocycles. The van der Waals surface area contributed by atoms with Gasteiger partial charge in [0.1, 0.15) is 12.9 Å². The van der Waals surface area contributed by atoms with Gasteiger partial charge in [-0.25, -0.2) is 9.89 Å². The van der Waals surface area contributed by atoms with Gasteiger partial charge in [0.2, 0.25) is 5.91 Å². The van der Waals surface area contributed by atoms with E-state index in [0.717, 1.165) is 12.8 Å². The summed E-state index contributed by atoms with van der Waals surface area (Å²) in [4.78, 5) is 23.0. The maximum absolute atomic E-state index is 11.8. The van der Waals surface area contributed by atoms with Crippen LogP contribution >= 0.6 is 0 Å². The van der Waals surface area contributed by atoms with E-state index in [1.54, 1.807) is 0 Å². The summed E-state index contributed by atoms with van der Waals surface area (Å²) >= 11 is 0. The van der Waals surface area contributed by atoms with Crippen molar-refractivity contribution in [3.63, 3.8) is 0 Å². The van der Waals surface area contributed by atoms with E-state index in [2.05, 4.69) is 26.1 Å². The van der Waals surface area contributed by atoms with Gasteiger partial charge < -0.3 is 9.88 Å². The highest BCUT2D eigenvalue weighted by Crippen LogP contribution is 2.05. The maximum Gasteiger partial charge on any atom is 0.343 e. The van der Waals surface area contributed by atoms with E-state index in [1.165, 1.54) is 16.6 Å². The zero-order valence-electron chi connectivity index (χ0n) is 11.7. The van der Waals surface area contributed by atoms with E-state index in [4.69, 9.17) is 0 Å². The quantitative estimate of drug-likeness (QED) is 0.782. The van der Waals surface area contributed by atoms with Crippen LogP contribution in [0.1, 0.15) is 19.0 Å². The molecule has 0 bridgehead atoms. The number of carbonyl (C=O) groups excluding carboxylic acids is 1. The monoisotopic (exact) mass is 277 g/mol. The first-order valence-electron chi connectivity index (χ1n) is 6.55. The van der Waals surface area contributed by atoms with Gasteiger partial charge in [-0.1, -0.05) is 0 Å². The second-order valence-corrected chi connectivity index (χ2v) is 4.91. The molecule has 1 amide bonds. The van der Waals surface area contributed by atoms with E-state index in [0.29, 0.717) is 0 Å². The zero-order chi connectivity index (χ0) is 14.5. The van der Waals surface area contributed by atoms with Crippen molar-refractivity contribution >= 4 is 5.91 Å². The summed E-state index contributed by atoms with van der Waals surface area (Å²) in [5.41, 5.74) is 0.855. The minimum absolute atomic E-state index is 0.0101. The van der Waals surface area contributed by atoms with Crippen LogP contribution in [-0.4, -0.2) is 31.3 Å². The van der Waals surface area contributed by atoms with E-state index in [1.807, 2.05) is 26.2 Å². The average molecular weight is 277 g/mol. The molecule has 1 atom stereocenters. The van der Waals surface area contributed by atoms with Crippen LogP contribution in [-0.2, 0) is 24.8 Å². The summed E-state index contributed by atoms with van der Waals surface area (Å²) in [7, 11) is 2.00. The fourth-order valence-corrected chi connectivity index (χ4v) is 2.05. The third-order valence-corrected chi connectivity index (χ3v) is 3.22. The summed E-state index contributed by atoms with van der Waals surface area (Å²) in [6, 6.07) is 4.13. The van der Waals surface area contributed by atoms with Gasteiger partial charge in [-0.15, -0.1) is 0 Å². The number of aryl methyl sites for hydroxylation is 2. The number of hydrogen-bond acceptors (Lipinski definition) is 3. The molecule has 0 unspecified atom stereocenters. The summed E-state index contributed by atoms with van der Waals surface area (Å²) in [5, 5.41) is 8.71. The Kier molecular flexibility index (Phi) is 4.39. The van der Waals surface area contributed by atoms with Crippen LogP contribution in [0, 0.1) is 0 Å². The molecule has 2 aromatic rings. The molecule has 0 saturated carbocycles. The Bertz CT molecular complexity index is 624. The van der Waals surface area contributed by atoms with Crippen molar-refractivity contribution in [3.05, 3.63) is 40.8 Å². The number of nitrogens with zero attached hydrogens (tertiary/aromatic N) is 3. The molecule has 2 rings (SSSR count). The first-order valence-corrected chi connectivity index (χ1v) is 6.55. The number of hydrogen-bond donors (Lipinski definition) is 2. The first-order chi connectivity index (χ1) is 9.56. The Labute approximate surface area is 116 Å². The van der Waals surface area contributed by atoms with E-state index < -0.39 is 0 Å². The first kappa shape index (κ1) is 14.1. The van der Waals surface area contributed by atoms with Crippen LogP contribution in [0.25, 0.3) is 0 Å². The van der Waals surface area contributed by atoms with Crippen molar-refractivity contribution < 1.29 is 4.79 Å². The Morgan fingerprint density at radius 2 is 2.35 bits per heavy atom. The molecule has 0 spiro atoms. The number of aromatic nitrogens is 4. The average Bonchev–Trinajstić information content (AvgIpc) is 2.97. The Balaban J connectivity index is 1.78. The highest BCUT2D eigenvalue weighted by Gasteiger charge is 2.10. The van der Waals surface area contributed by atoms with Gasteiger partial charge in [-0.2, -0.15) is 5.10 Å². The highest BCUT2D eigenvalue weighted by atomic mass is 16.2. The lowest BCUT2D eigenvalue weighted by Gasteiger charge is -2.14.